The maximum absolute atomic E-state index is 12.7. The third-order valence-corrected chi connectivity index (χ3v) is 4.02. The van der Waals surface area contributed by atoms with E-state index in [9.17, 15) is 4.79 Å². The van der Waals surface area contributed by atoms with E-state index in [1.165, 1.54) is 0 Å². The topological polar surface area (TPSA) is 47.6 Å². The smallest absolute Gasteiger partial charge is 0.256 e. The summed E-state index contributed by atoms with van der Waals surface area (Å²) in [7, 11) is 0. The number of amides is 1. The maximum Gasteiger partial charge on any atom is 0.256 e. The zero-order valence-corrected chi connectivity index (χ0v) is 16.3. The second kappa shape index (κ2) is 9.07. The standard InChI is InChI=1S/C20H33NO3/c1-8-10-11-20(7,23-9-2)19(22)21-17-12-15(5)18(16(6)13-17)24-14(3)4/h12-14H,8-11H2,1-7H3,(H,21,22)/t20-/m0/s1. The second-order valence-electron chi connectivity index (χ2n) is 6.83. The van der Waals surface area contributed by atoms with E-state index in [4.69, 9.17) is 9.47 Å². The summed E-state index contributed by atoms with van der Waals surface area (Å²) >= 11 is 0. The first kappa shape index (κ1) is 20.5. The van der Waals surface area contributed by atoms with E-state index in [2.05, 4.69) is 12.2 Å². The van der Waals surface area contributed by atoms with Crippen molar-refractivity contribution in [3.63, 3.8) is 0 Å². The summed E-state index contributed by atoms with van der Waals surface area (Å²) in [6, 6.07) is 3.91. The van der Waals surface area contributed by atoms with E-state index in [1.54, 1.807) is 0 Å². The molecule has 0 aromatic heterocycles. The molecule has 1 amide bonds. The lowest BCUT2D eigenvalue weighted by Gasteiger charge is -2.28. The van der Waals surface area contributed by atoms with Crippen molar-refractivity contribution >= 4 is 11.6 Å². The third kappa shape index (κ3) is 5.52. The Morgan fingerprint density at radius 3 is 2.25 bits per heavy atom. The zero-order valence-electron chi connectivity index (χ0n) is 16.3. The summed E-state index contributed by atoms with van der Waals surface area (Å²) in [4.78, 5) is 12.7. The molecule has 0 saturated carbocycles. The Hall–Kier alpha value is -1.55. The number of hydrogen-bond acceptors (Lipinski definition) is 3. The number of aryl methyl sites for hydroxylation is 2. The zero-order chi connectivity index (χ0) is 18.3. The normalized spacial score (nSPS) is 13.7. The summed E-state index contributed by atoms with van der Waals surface area (Å²) in [5.74, 6) is 0.802. The average molecular weight is 335 g/mol. The van der Waals surface area contributed by atoms with Crippen molar-refractivity contribution in [3.05, 3.63) is 23.3 Å². The van der Waals surface area contributed by atoms with Crippen LogP contribution in [0.2, 0.25) is 0 Å². The lowest BCUT2D eigenvalue weighted by molar-refractivity contribution is -0.139. The number of rotatable bonds is 9. The molecule has 0 saturated heterocycles. The first-order valence-corrected chi connectivity index (χ1v) is 8.96. The number of anilines is 1. The van der Waals surface area contributed by atoms with Crippen LogP contribution in [0.25, 0.3) is 0 Å². The molecule has 1 rings (SSSR count). The summed E-state index contributed by atoms with van der Waals surface area (Å²) in [6.07, 6.45) is 2.84. The molecule has 0 aliphatic heterocycles. The van der Waals surface area contributed by atoms with Gasteiger partial charge in [-0.15, -0.1) is 0 Å². The van der Waals surface area contributed by atoms with Crippen LogP contribution in [-0.4, -0.2) is 24.2 Å². The van der Waals surface area contributed by atoms with Crippen LogP contribution in [0.1, 0.15) is 65.0 Å². The number of ether oxygens (including phenoxy) is 2. The van der Waals surface area contributed by atoms with Crippen LogP contribution >= 0.6 is 0 Å². The summed E-state index contributed by atoms with van der Waals surface area (Å²) in [5, 5.41) is 3.02. The quantitative estimate of drug-likeness (QED) is 0.689. The molecule has 4 nitrogen and oxygen atoms in total. The summed E-state index contributed by atoms with van der Waals surface area (Å²) in [5.41, 5.74) is 2.03. The van der Waals surface area contributed by atoms with Crippen molar-refractivity contribution in [1.29, 1.82) is 0 Å². The van der Waals surface area contributed by atoms with Crippen molar-refractivity contribution in [3.8, 4) is 5.75 Å². The van der Waals surface area contributed by atoms with Crippen molar-refractivity contribution in [2.45, 2.75) is 79.4 Å². The molecule has 4 heteroatoms. The molecule has 1 aromatic carbocycles. The van der Waals surface area contributed by atoms with Gasteiger partial charge in [-0.1, -0.05) is 19.8 Å². The Morgan fingerprint density at radius 1 is 1.21 bits per heavy atom. The predicted octanol–water partition coefficient (Wildman–Crippen LogP) is 5.01. The number of carbonyl (C=O) groups is 1. The maximum atomic E-state index is 12.7. The fourth-order valence-electron chi connectivity index (χ4n) is 2.79. The first-order valence-electron chi connectivity index (χ1n) is 8.96. The molecule has 1 atom stereocenters. The van der Waals surface area contributed by atoms with Gasteiger partial charge in [-0.05, 0) is 71.2 Å². The number of benzene rings is 1. The molecule has 0 heterocycles. The van der Waals surface area contributed by atoms with Gasteiger partial charge in [0.15, 0.2) is 0 Å². The third-order valence-electron chi connectivity index (χ3n) is 4.02. The van der Waals surface area contributed by atoms with Crippen molar-refractivity contribution in [2.75, 3.05) is 11.9 Å². The Morgan fingerprint density at radius 2 is 1.79 bits per heavy atom. The largest absolute Gasteiger partial charge is 0.490 e. The van der Waals surface area contributed by atoms with Gasteiger partial charge in [-0.25, -0.2) is 0 Å². The highest BCUT2D eigenvalue weighted by molar-refractivity contribution is 5.97. The molecule has 0 unspecified atom stereocenters. The lowest BCUT2D eigenvalue weighted by atomic mass is 9.97. The fraction of sp³-hybridized carbons (Fsp3) is 0.650. The molecule has 136 valence electrons. The second-order valence-corrected chi connectivity index (χ2v) is 6.83. The van der Waals surface area contributed by atoms with Gasteiger partial charge in [0.1, 0.15) is 11.4 Å². The van der Waals surface area contributed by atoms with Crippen LogP contribution in [0.4, 0.5) is 5.69 Å². The lowest BCUT2D eigenvalue weighted by Crippen LogP contribution is -2.42. The Balaban J connectivity index is 2.96. The van der Waals surface area contributed by atoms with E-state index in [0.717, 1.165) is 41.8 Å². The molecular formula is C20H33NO3. The molecule has 0 fully saturated rings. The predicted molar refractivity (Wildman–Crippen MR) is 99.9 cm³/mol. The van der Waals surface area contributed by atoms with Gasteiger partial charge in [0.2, 0.25) is 0 Å². The molecule has 24 heavy (non-hydrogen) atoms. The van der Waals surface area contributed by atoms with Crippen LogP contribution in [0.5, 0.6) is 5.75 Å². The van der Waals surface area contributed by atoms with Gasteiger partial charge in [0.05, 0.1) is 6.10 Å². The van der Waals surface area contributed by atoms with E-state index in [1.807, 2.05) is 53.7 Å². The van der Waals surface area contributed by atoms with E-state index in [0.29, 0.717) is 6.61 Å². The van der Waals surface area contributed by atoms with Gasteiger partial charge in [0.25, 0.3) is 5.91 Å². The van der Waals surface area contributed by atoms with Gasteiger partial charge < -0.3 is 14.8 Å². The number of unbranched alkanes of at least 4 members (excludes halogenated alkanes) is 1. The Kier molecular flexibility index (Phi) is 7.74. The van der Waals surface area contributed by atoms with Crippen LogP contribution < -0.4 is 10.1 Å². The molecule has 1 aromatic rings. The van der Waals surface area contributed by atoms with Crippen LogP contribution in [0.15, 0.2) is 12.1 Å². The van der Waals surface area contributed by atoms with E-state index in [-0.39, 0.29) is 12.0 Å². The minimum Gasteiger partial charge on any atom is -0.490 e. The van der Waals surface area contributed by atoms with Crippen LogP contribution in [0, 0.1) is 13.8 Å². The summed E-state index contributed by atoms with van der Waals surface area (Å²) in [6.45, 7) is 14.4. The van der Waals surface area contributed by atoms with Gasteiger partial charge in [0, 0.05) is 12.3 Å². The van der Waals surface area contributed by atoms with Crippen molar-refractivity contribution in [1.82, 2.24) is 0 Å². The summed E-state index contributed by atoms with van der Waals surface area (Å²) < 4.78 is 11.6. The number of hydrogen-bond donors (Lipinski definition) is 1. The van der Waals surface area contributed by atoms with Gasteiger partial charge >= 0.3 is 0 Å². The SMILES string of the molecule is CCCC[C@](C)(OCC)C(=O)Nc1cc(C)c(OC(C)C)c(C)c1. The fourth-order valence-corrected chi connectivity index (χ4v) is 2.79. The average Bonchev–Trinajstić information content (AvgIpc) is 2.49. The van der Waals surface area contributed by atoms with Crippen LogP contribution in [-0.2, 0) is 9.53 Å². The monoisotopic (exact) mass is 335 g/mol. The molecule has 1 N–H and O–H groups in total. The minimum absolute atomic E-state index is 0.0888. The van der Waals surface area contributed by atoms with E-state index >= 15 is 0 Å². The highest BCUT2D eigenvalue weighted by atomic mass is 16.5. The molecule has 0 spiro atoms. The van der Waals surface area contributed by atoms with Crippen LogP contribution in [0.3, 0.4) is 0 Å². The molecular weight excluding hydrogens is 302 g/mol. The van der Waals surface area contributed by atoms with Crippen molar-refractivity contribution < 1.29 is 14.3 Å². The van der Waals surface area contributed by atoms with Crippen molar-refractivity contribution in [2.24, 2.45) is 0 Å². The van der Waals surface area contributed by atoms with Gasteiger partial charge in [-0.3, -0.25) is 4.79 Å². The highest BCUT2D eigenvalue weighted by Crippen LogP contribution is 2.29. The molecule has 0 aliphatic carbocycles. The van der Waals surface area contributed by atoms with Gasteiger partial charge in [-0.2, -0.15) is 0 Å². The molecule has 0 bridgehead atoms. The Labute approximate surface area is 146 Å². The first-order chi connectivity index (χ1) is 11.2. The molecule has 0 aliphatic rings. The minimum atomic E-state index is -0.792. The highest BCUT2D eigenvalue weighted by Gasteiger charge is 2.33. The van der Waals surface area contributed by atoms with E-state index < -0.39 is 5.60 Å². The Bertz CT molecular complexity index is 531. The molecule has 0 radical (unpaired) electrons. The number of nitrogens with one attached hydrogen (secondary N) is 1. The number of carbonyl (C=O) groups excluding carboxylic acids is 1.